The number of hydrogen-bond donors (Lipinski definition) is 1. The number of aromatic nitrogens is 2. The summed E-state index contributed by atoms with van der Waals surface area (Å²) in [5, 5.41) is 4.18. The summed E-state index contributed by atoms with van der Waals surface area (Å²) in [6.07, 6.45) is 0.531. The molecule has 0 aliphatic carbocycles. The van der Waals surface area contributed by atoms with E-state index in [1.165, 1.54) is 0 Å². The van der Waals surface area contributed by atoms with Crippen LogP contribution in [0.5, 0.6) is 0 Å². The first-order valence-corrected chi connectivity index (χ1v) is 7.67. The Bertz CT molecular complexity index is 484. The average molecular weight is 326 g/mol. The van der Waals surface area contributed by atoms with E-state index in [4.69, 9.17) is 9.92 Å². The SMILES string of the molecule is CC(Cn1nc(Br)cc1[C@H](C)N)OS(C)(=O)=O. The number of rotatable bonds is 5. The summed E-state index contributed by atoms with van der Waals surface area (Å²) in [6.45, 7) is 3.83. The maximum Gasteiger partial charge on any atom is 0.264 e. The minimum absolute atomic E-state index is 0.181. The fourth-order valence-corrected chi connectivity index (χ4v) is 2.57. The molecule has 0 saturated heterocycles. The van der Waals surface area contributed by atoms with Crippen molar-refractivity contribution < 1.29 is 12.6 Å². The molecule has 17 heavy (non-hydrogen) atoms. The zero-order valence-corrected chi connectivity index (χ0v) is 12.3. The van der Waals surface area contributed by atoms with E-state index < -0.39 is 16.2 Å². The highest BCUT2D eigenvalue weighted by Gasteiger charge is 2.16. The van der Waals surface area contributed by atoms with Crippen molar-refractivity contribution in [2.24, 2.45) is 5.73 Å². The van der Waals surface area contributed by atoms with Crippen LogP contribution in [0.3, 0.4) is 0 Å². The van der Waals surface area contributed by atoms with Gasteiger partial charge in [0.2, 0.25) is 0 Å². The molecule has 98 valence electrons. The lowest BCUT2D eigenvalue weighted by Gasteiger charge is -2.14. The molecule has 8 heteroatoms. The summed E-state index contributed by atoms with van der Waals surface area (Å²) in [5.74, 6) is 0. The molecule has 6 nitrogen and oxygen atoms in total. The molecule has 1 aromatic rings. The minimum Gasteiger partial charge on any atom is -0.323 e. The molecule has 0 aliphatic heterocycles. The van der Waals surface area contributed by atoms with Crippen molar-refractivity contribution in [2.45, 2.75) is 32.5 Å². The van der Waals surface area contributed by atoms with E-state index in [9.17, 15) is 8.42 Å². The second-order valence-corrected chi connectivity index (χ2v) is 6.39. The topological polar surface area (TPSA) is 87.2 Å². The minimum atomic E-state index is -3.45. The molecule has 1 aromatic heterocycles. The van der Waals surface area contributed by atoms with Crippen molar-refractivity contribution in [3.8, 4) is 0 Å². The van der Waals surface area contributed by atoms with Gasteiger partial charge in [-0.1, -0.05) is 0 Å². The predicted octanol–water partition coefficient (Wildman–Crippen LogP) is 1.03. The summed E-state index contributed by atoms with van der Waals surface area (Å²) >= 11 is 3.26. The summed E-state index contributed by atoms with van der Waals surface area (Å²) in [7, 11) is -3.45. The van der Waals surface area contributed by atoms with Crippen LogP contribution < -0.4 is 5.73 Å². The van der Waals surface area contributed by atoms with Gasteiger partial charge in [-0.05, 0) is 35.8 Å². The van der Waals surface area contributed by atoms with Crippen LogP contribution in [0.4, 0.5) is 0 Å². The van der Waals surface area contributed by atoms with Gasteiger partial charge in [-0.25, -0.2) is 0 Å². The van der Waals surface area contributed by atoms with E-state index in [1.54, 1.807) is 17.7 Å². The summed E-state index contributed by atoms with van der Waals surface area (Å²) in [6, 6.07) is 1.62. The lowest BCUT2D eigenvalue weighted by molar-refractivity contribution is 0.201. The molecule has 0 fully saturated rings. The fraction of sp³-hybridized carbons (Fsp3) is 0.667. The third kappa shape index (κ3) is 4.74. The van der Waals surface area contributed by atoms with Crippen molar-refractivity contribution in [3.63, 3.8) is 0 Å². The molecule has 1 heterocycles. The monoisotopic (exact) mass is 325 g/mol. The lowest BCUT2D eigenvalue weighted by Crippen LogP contribution is -2.23. The molecule has 0 spiro atoms. The molecular formula is C9H16BrN3O3S. The Labute approximate surface area is 109 Å². The van der Waals surface area contributed by atoms with E-state index in [1.807, 2.05) is 6.92 Å². The third-order valence-electron chi connectivity index (χ3n) is 2.02. The van der Waals surface area contributed by atoms with Gasteiger partial charge >= 0.3 is 0 Å². The Hall–Kier alpha value is -0.440. The zero-order valence-electron chi connectivity index (χ0n) is 9.92. The Morgan fingerprint density at radius 2 is 2.18 bits per heavy atom. The number of halogens is 1. The Kier molecular flexibility index (Phi) is 4.70. The van der Waals surface area contributed by atoms with E-state index in [2.05, 4.69) is 21.0 Å². The second kappa shape index (κ2) is 5.47. The van der Waals surface area contributed by atoms with Crippen molar-refractivity contribution in [3.05, 3.63) is 16.4 Å². The quantitative estimate of drug-likeness (QED) is 0.817. The third-order valence-corrected chi connectivity index (χ3v) is 3.08. The number of nitrogens with zero attached hydrogens (tertiary/aromatic N) is 2. The van der Waals surface area contributed by atoms with Gasteiger partial charge in [0.15, 0.2) is 0 Å². The fourth-order valence-electron chi connectivity index (χ4n) is 1.48. The Morgan fingerprint density at radius 3 is 2.65 bits per heavy atom. The maximum atomic E-state index is 11.0. The maximum absolute atomic E-state index is 11.0. The molecule has 1 unspecified atom stereocenters. The van der Waals surface area contributed by atoms with Gasteiger partial charge in [0.1, 0.15) is 4.60 Å². The van der Waals surface area contributed by atoms with Crippen molar-refractivity contribution in [1.29, 1.82) is 0 Å². The van der Waals surface area contributed by atoms with Crippen LogP contribution in [0.1, 0.15) is 25.6 Å². The van der Waals surface area contributed by atoms with Crippen molar-refractivity contribution in [1.82, 2.24) is 9.78 Å². The molecule has 0 aromatic carbocycles. The highest BCUT2D eigenvalue weighted by atomic mass is 79.9. The van der Waals surface area contributed by atoms with Gasteiger partial charge in [-0.15, -0.1) is 0 Å². The normalized spacial score (nSPS) is 15.8. The largest absolute Gasteiger partial charge is 0.323 e. The summed E-state index contributed by atoms with van der Waals surface area (Å²) < 4.78 is 29.1. The van der Waals surface area contributed by atoms with Crippen LogP contribution in [-0.2, 0) is 20.8 Å². The Balaban J connectivity index is 2.81. The van der Waals surface area contributed by atoms with Gasteiger partial charge < -0.3 is 5.73 Å². The Morgan fingerprint density at radius 1 is 1.59 bits per heavy atom. The van der Waals surface area contributed by atoms with Crippen LogP contribution in [0.2, 0.25) is 0 Å². The van der Waals surface area contributed by atoms with E-state index in [-0.39, 0.29) is 6.04 Å². The summed E-state index contributed by atoms with van der Waals surface area (Å²) in [5.41, 5.74) is 6.61. The predicted molar refractivity (Wildman–Crippen MR) is 67.9 cm³/mol. The van der Waals surface area contributed by atoms with Crippen molar-refractivity contribution >= 4 is 26.0 Å². The van der Waals surface area contributed by atoms with E-state index >= 15 is 0 Å². The molecule has 0 radical (unpaired) electrons. The van der Waals surface area contributed by atoms with Crippen LogP contribution >= 0.6 is 15.9 Å². The first kappa shape index (κ1) is 14.6. The molecule has 2 atom stereocenters. The van der Waals surface area contributed by atoms with E-state index in [0.29, 0.717) is 11.1 Å². The highest BCUT2D eigenvalue weighted by Crippen LogP contribution is 2.17. The van der Waals surface area contributed by atoms with Gasteiger partial charge in [-0.2, -0.15) is 13.5 Å². The van der Waals surface area contributed by atoms with Crippen LogP contribution in [-0.4, -0.2) is 30.6 Å². The molecule has 0 bridgehead atoms. The molecule has 0 aliphatic rings. The number of hydrogen-bond acceptors (Lipinski definition) is 5. The molecule has 0 saturated carbocycles. The highest BCUT2D eigenvalue weighted by molar-refractivity contribution is 9.10. The molecule has 1 rings (SSSR count). The first-order valence-electron chi connectivity index (χ1n) is 5.06. The summed E-state index contributed by atoms with van der Waals surface area (Å²) in [4.78, 5) is 0. The van der Waals surface area contributed by atoms with Crippen LogP contribution in [0.25, 0.3) is 0 Å². The van der Waals surface area contributed by atoms with Gasteiger partial charge in [0, 0.05) is 6.04 Å². The number of nitrogens with two attached hydrogens (primary N) is 1. The first-order chi connectivity index (χ1) is 7.69. The van der Waals surface area contributed by atoms with Crippen LogP contribution in [0.15, 0.2) is 10.7 Å². The molecular weight excluding hydrogens is 310 g/mol. The molecule has 0 amide bonds. The smallest absolute Gasteiger partial charge is 0.264 e. The standard InChI is InChI=1S/C9H16BrN3O3S/c1-6(16-17(3,14)15)5-13-8(7(2)11)4-9(10)12-13/h4,6-7H,5,11H2,1-3H3/t6?,7-/m0/s1. The lowest BCUT2D eigenvalue weighted by atomic mass is 10.2. The average Bonchev–Trinajstić information content (AvgIpc) is 2.42. The second-order valence-electron chi connectivity index (χ2n) is 3.97. The van der Waals surface area contributed by atoms with Gasteiger partial charge in [-0.3, -0.25) is 8.86 Å². The van der Waals surface area contributed by atoms with Gasteiger partial charge in [0.25, 0.3) is 10.1 Å². The van der Waals surface area contributed by atoms with E-state index in [0.717, 1.165) is 11.9 Å². The molecule has 2 N–H and O–H groups in total. The van der Waals surface area contributed by atoms with Gasteiger partial charge in [0.05, 0.1) is 24.6 Å². The zero-order chi connectivity index (χ0) is 13.2. The van der Waals surface area contributed by atoms with Crippen molar-refractivity contribution in [2.75, 3.05) is 6.26 Å². The van der Waals surface area contributed by atoms with Crippen LogP contribution in [0, 0.1) is 0 Å².